The molecule has 1 heterocycles. The molecule has 2 nitrogen and oxygen atoms in total. The molecule has 2 fully saturated rings. The van der Waals surface area contributed by atoms with E-state index in [1.165, 1.54) is 45.4 Å². The molecule has 0 amide bonds. The lowest BCUT2D eigenvalue weighted by atomic mass is 10.0. The number of hydrogen-bond donors (Lipinski definition) is 1. The second kappa shape index (κ2) is 4.63. The molecule has 1 aliphatic heterocycles. The summed E-state index contributed by atoms with van der Waals surface area (Å²) < 4.78 is 0. The van der Waals surface area contributed by atoms with Gasteiger partial charge in [-0.3, -0.25) is 0 Å². The number of nitrogens with one attached hydrogen (secondary N) is 1. The van der Waals surface area contributed by atoms with E-state index in [0.717, 1.165) is 17.9 Å². The molecule has 0 aromatic carbocycles. The highest BCUT2D eigenvalue weighted by molar-refractivity contribution is 4.83. The number of nitrogens with zero attached hydrogens (tertiary/aromatic N) is 1. The van der Waals surface area contributed by atoms with Crippen LogP contribution in [-0.4, -0.2) is 37.1 Å². The second-order valence-corrected chi connectivity index (χ2v) is 5.36. The van der Waals surface area contributed by atoms with Crippen molar-refractivity contribution in [3.8, 4) is 0 Å². The van der Waals surface area contributed by atoms with Gasteiger partial charge in [0.25, 0.3) is 0 Å². The quantitative estimate of drug-likeness (QED) is 0.739. The molecular formula is C12H24N2. The van der Waals surface area contributed by atoms with Crippen LogP contribution in [0.3, 0.4) is 0 Å². The Morgan fingerprint density at radius 3 is 2.79 bits per heavy atom. The molecule has 82 valence electrons. The fraction of sp³-hybridized carbons (Fsp3) is 1.00. The molecule has 1 unspecified atom stereocenters. The van der Waals surface area contributed by atoms with Gasteiger partial charge in [0.15, 0.2) is 0 Å². The largest absolute Gasteiger partial charge is 0.312 e. The van der Waals surface area contributed by atoms with Crippen molar-refractivity contribution in [3.05, 3.63) is 0 Å². The lowest BCUT2D eigenvalue weighted by molar-refractivity contribution is 0.237. The molecule has 2 rings (SSSR count). The predicted octanol–water partition coefficient (Wildman–Crippen LogP) is 1.72. The first-order valence-corrected chi connectivity index (χ1v) is 6.21. The molecule has 14 heavy (non-hydrogen) atoms. The predicted molar refractivity (Wildman–Crippen MR) is 60.4 cm³/mol. The molecule has 0 bridgehead atoms. The van der Waals surface area contributed by atoms with Gasteiger partial charge in [-0.1, -0.05) is 13.8 Å². The van der Waals surface area contributed by atoms with Gasteiger partial charge in [0, 0.05) is 19.1 Å². The lowest BCUT2D eigenvalue weighted by Crippen LogP contribution is -2.41. The van der Waals surface area contributed by atoms with E-state index in [9.17, 15) is 0 Å². The molecule has 2 aliphatic rings. The molecular weight excluding hydrogens is 172 g/mol. The minimum absolute atomic E-state index is 0.719. The Kier molecular flexibility index (Phi) is 3.45. The monoisotopic (exact) mass is 196 g/mol. The zero-order valence-electron chi connectivity index (χ0n) is 9.63. The van der Waals surface area contributed by atoms with E-state index in [-0.39, 0.29) is 0 Å². The minimum atomic E-state index is 0.719. The molecule has 1 saturated heterocycles. The van der Waals surface area contributed by atoms with Gasteiger partial charge in [0.1, 0.15) is 0 Å². The molecule has 0 aromatic heterocycles. The summed E-state index contributed by atoms with van der Waals surface area (Å²) in [4.78, 5) is 2.68. The first-order valence-electron chi connectivity index (χ1n) is 6.21. The average Bonchev–Trinajstić information content (AvgIpc) is 2.92. The van der Waals surface area contributed by atoms with Gasteiger partial charge in [-0.15, -0.1) is 0 Å². The van der Waals surface area contributed by atoms with Crippen molar-refractivity contribution in [2.45, 2.75) is 39.2 Å². The third-order valence-corrected chi connectivity index (χ3v) is 3.53. The molecule has 0 radical (unpaired) electrons. The summed E-state index contributed by atoms with van der Waals surface area (Å²) in [5.41, 5.74) is 0. The van der Waals surface area contributed by atoms with Crippen LogP contribution in [0.1, 0.15) is 33.1 Å². The van der Waals surface area contributed by atoms with Gasteiger partial charge in [-0.05, 0) is 44.2 Å². The van der Waals surface area contributed by atoms with Gasteiger partial charge in [0.2, 0.25) is 0 Å². The zero-order chi connectivity index (χ0) is 9.97. The third-order valence-electron chi connectivity index (χ3n) is 3.53. The van der Waals surface area contributed by atoms with Crippen molar-refractivity contribution >= 4 is 0 Å². The zero-order valence-corrected chi connectivity index (χ0v) is 9.63. The van der Waals surface area contributed by atoms with E-state index in [1.807, 2.05) is 0 Å². The van der Waals surface area contributed by atoms with E-state index in [2.05, 4.69) is 24.1 Å². The standard InChI is InChI=1S/C12H24N2/c1-10(2)12-9-14(7-3-6-13-12)8-11-4-5-11/h10-13H,3-9H2,1-2H3. The summed E-state index contributed by atoms with van der Waals surface area (Å²) in [7, 11) is 0. The molecule has 1 atom stereocenters. The Morgan fingerprint density at radius 2 is 2.14 bits per heavy atom. The number of rotatable bonds is 3. The Bertz CT molecular complexity index is 175. The van der Waals surface area contributed by atoms with Crippen molar-refractivity contribution in [2.75, 3.05) is 26.2 Å². The van der Waals surface area contributed by atoms with Crippen LogP contribution in [0.4, 0.5) is 0 Å². The second-order valence-electron chi connectivity index (χ2n) is 5.36. The van der Waals surface area contributed by atoms with Crippen LogP contribution in [0.2, 0.25) is 0 Å². The van der Waals surface area contributed by atoms with Crippen molar-refractivity contribution in [1.29, 1.82) is 0 Å². The Balaban J connectivity index is 1.82. The van der Waals surface area contributed by atoms with E-state index in [4.69, 9.17) is 0 Å². The highest BCUT2D eigenvalue weighted by Crippen LogP contribution is 2.30. The van der Waals surface area contributed by atoms with Gasteiger partial charge < -0.3 is 10.2 Å². The molecule has 0 aromatic rings. The SMILES string of the molecule is CC(C)C1CN(CC2CC2)CCCN1. The van der Waals surface area contributed by atoms with Crippen molar-refractivity contribution in [2.24, 2.45) is 11.8 Å². The molecule has 2 heteroatoms. The van der Waals surface area contributed by atoms with Crippen LogP contribution in [0.5, 0.6) is 0 Å². The van der Waals surface area contributed by atoms with Gasteiger partial charge in [0.05, 0.1) is 0 Å². The van der Waals surface area contributed by atoms with Gasteiger partial charge in [-0.25, -0.2) is 0 Å². The van der Waals surface area contributed by atoms with Crippen LogP contribution in [0.15, 0.2) is 0 Å². The Hall–Kier alpha value is -0.0800. The van der Waals surface area contributed by atoms with E-state index < -0.39 is 0 Å². The summed E-state index contributed by atoms with van der Waals surface area (Å²) in [6, 6.07) is 0.719. The average molecular weight is 196 g/mol. The van der Waals surface area contributed by atoms with Crippen LogP contribution < -0.4 is 5.32 Å². The van der Waals surface area contributed by atoms with E-state index in [0.29, 0.717) is 0 Å². The number of hydrogen-bond acceptors (Lipinski definition) is 2. The lowest BCUT2D eigenvalue weighted by Gasteiger charge is -2.26. The molecule has 1 N–H and O–H groups in total. The molecule has 1 aliphatic carbocycles. The maximum absolute atomic E-state index is 3.66. The van der Waals surface area contributed by atoms with Crippen LogP contribution in [0.25, 0.3) is 0 Å². The molecule has 1 saturated carbocycles. The summed E-state index contributed by atoms with van der Waals surface area (Å²) in [6.07, 6.45) is 4.29. The van der Waals surface area contributed by atoms with E-state index >= 15 is 0 Å². The maximum Gasteiger partial charge on any atom is 0.0217 e. The van der Waals surface area contributed by atoms with Gasteiger partial charge in [-0.2, -0.15) is 0 Å². The summed E-state index contributed by atoms with van der Waals surface area (Å²) in [6.45, 7) is 9.83. The topological polar surface area (TPSA) is 15.3 Å². The summed E-state index contributed by atoms with van der Waals surface area (Å²) >= 11 is 0. The first kappa shape index (κ1) is 10.4. The van der Waals surface area contributed by atoms with Crippen LogP contribution >= 0.6 is 0 Å². The minimum Gasteiger partial charge on any atom is -0.312 e. The van der Waals surface area contributed by atoms with Crippen molar-refractivity contribution in [3.63, 3.8) is 0 Å². The van der Waals surface area contributed by atoms with Crippen molar-refractivity contribution in [1.82, 2.24) is 10.2 Å². The highest BCUT2D eigenvalue weighted by Gasteiger charge is 2.27. The van der Waals surface area contributed by atoms with Gasteiger partial charge >= 0.3 is 0 Å². The third kappa shape index (κ3) is 2.96. The normalized spacial score (nSPS) is 30.6. The first-order chi connectivity index (χ1) is 6.75. The van der Waals surface area contributed by atoms with Crippen molar-refractivity contribution < 1.29 is 0 Å². The smallest absolute Gasteiger partial charge is 0.0217 e. The molecule has 0 spiro atoms. The van der Waals surface area contributed by atoms with Crippen LogP contribution in [-0.2, 0) is 0 Å². The van der Waals surface area contributed by atoms with E-state index in [1.54, 1.807) is 0 Å². The fourth-order valence-electron chi connectivity index (χ4n) is 2.30. The Morgan fingerprint density at radius 1 is 1.36 bits per heavy atom. The summed E-state index contributed by atoms with van der Waals surface area (Å²) in [5.74, 6) is 1.82. The summed E-state index contributed by atoms with van der Waals surface area (Å²) in [5, 5.41) is 3.66. The van der Waals surface area contributed by atoms with Crippen LogP contribution in [0, 0.1) is 11.8 Å². The highest BCUT2D eigenvalue weighted by atomic mass is 15.2. The maximum atomic E-state index is 3.66. The Labute approximate surface area is 88.1 Å². The fourth-order valence-corrected chi connectivity index (χ4v) is 2.30.